The highest BCUT2D eigenvalue weighted by Gasteiger charge is 2.23. The number of hydrogen-bond donors (Lipinski definition) is 2. The first kappa shape index (κ1) is 17.2. The molecule has 0 fully saturated rings. The quantitative estimate of drug-likeness (QED) is 0.737. The molecule has 0 bridgehead atoms. The fourth-order valence-corrected chi connectivity index (χ4v) is 3.26. The normalized spacial score (nSPS) is 12.3. The Balaban J connectivity index is 1.72. The summed E-state index contributed by atoms with van der Waals surface area (Å²) in [4.78, 5) is 29.2. The molecule has 0 unspecified atom stereocenters. The number of aromatic nitrogens is 2. The number of anilines is 1. The van der Waals surface area contributed by atoms with Crippen LogP contribution in [0.15, 0.2) is 42.0 Å². The SMILES string of the molecule is CC(=O)N[C@@H](C(=O)Nc1ccc(-c2cn3ccsc3n2)cc1)C(C)C. The molecule has 25 heavy (non-hydrogen) atoms. The van der Waals surface area contributed by atoms with E-state index in [2.05, 4.69) is 15.6 Å². The van der Waals surface area contributed by atoms with Crippen LogP contribution in [0.25, 0.3) is 16.2 Å². The van der Waals surface area contributed by atoms with E-state index < -0.39 is 6.04 Å². The number of nitrogens with one attached hydrogen (secondary N) is 2. The molecule has 0 saturated carbocycles. The molecule has 1 aromatic carbocycles. The largest absolute Gasteiger partial charge is 0.344 e. The molecule has 3 aromatic rings. The van der Waals surface area contributed by atoms with E-state index in [9.17, 15) is 9.59 Å². The number of fused-ring (bicyclic) bond motifs is 1. The van der Waals surface area contributed by atoms with Crippen molar-refractivity contribution in [2.45, 2.75) is 26.8 Å². The van der Waals surface area contributed by atoms with Gasteiger partial charge in [0, 0.05) is 35.9 Å². The Morgan fingerprint density at radius 2 is 1.92 bits per heavy atom. The van der Waals surface area contributed by atoms with Crippen LogP contribution >= 0.6 is 11.3 Å². The first-order valence-electron chi connectivity index (χ1n) is 8.04. The molecule has 2 N–H and O–H groups in total. The van der Waals surface area contributed by atoms with Crippen molar-refractivity contribution in [3.8, 4) is 11.3 Å². The standard InChI is InChI=1S/C18H20N4O2S/c1-11(2)16(19-12(3)23)17(24)20-14-6-4-13(5-7-14)15-10-22-8-9-25-18(22)21-15/h4-11,16H,1-3H3,(H,19,23)(H,20,24)/t16-/m1/s1. The Morgan fingerprint density at radius 1 is 1.20 bits per heavy atom. The van der Waals surface area contributed by atoms with Crippen LogP contribution in [0.2, 0.25) is 0 Å². The van der Waals surface area contributed by atoms with Gasteiger partial charge in [-0.1, -0.05) is 26.0 Å². The lowest BCUT2D eigenvalue weighted by atomic mass is 10.0. The van der Waals surface area contributed by atoms with E-state index in [1.807, 2.05) is 60.3 Å². The molecule has 2 aromatic heterocycles. The molecule has 0 saturated heterocycles. The van der Waals surface area contributed by atoms with Gasteiger partial charge in [-0.15, -0.1) is 11.3 Å². The van der Waals surface area contributed by atoms with Crippen LogP contribution in [0.3, 0.4) is 0 Å². The van der Waals surface area contributed by atoms with Crippen molar-refractivity contribution in [1.82, 2.24) is 14.7 Å². The first-order chi connectivity index (χ1) is 11.9. The van der Waals surface area contributed by atoms with Crippen molar-refractivity contribution in [2.75, 3.05) is 5.32 Å². The average molecular weight is 356 g/mol. The van der Waals surface area contributed by atoms with Crippen molar-refractivity contribution in [1.29, 1.82) is 0 Å². The van der Waals surface area contributed by atoms with Gasteiger partial charge in [0.1, 0.15) is 6.04 Å². The Morgan fingerprint density at radius 3 is 2.52 bits per heavy atom. The van der Waals surface area contributed by atoms with Gasteiger partial charge in [-0.3, -0.25) is 14.0 Å². The third-order valence-corrected chi connectivity index (χ3v) is 4.62. The molecule has 0 aliphatic heterocycles. The van der Waals surface area contributed by atoms with Crippen molar-refractivity contribution >= 4 is 33.8 Å². The van der Waals surface area contributed by atoms with Crippen LogP contribution in [-0.2, 0) is 9.59 Å². The number of rotatable bonds is 5. The summed E-state index contributed by atoms with van der Waals surface area (Å²) in [7, 11) is 0. The van der Waals surface area contributed by atoms with Crippen LogP contribution < -0.4 is 10.6 Å². The smallest absolute Gasteiger partial charge is 0.247 e. The van der Waals surface area contributed by atoms with Gasteiger partial charge in [0.25, 0.3) is 0 Å². The van der Waals surface area contributed by atoms with Crippen LogP contribution in [-0.4, -0.2) is 27.2 Å². The third kappa shape index (κ3) is 3.88. The molecule has 130 valence electrons. The number of thiazole rings is 1. The Labute approximate surface area is 149 Å². The second-order valence-electron chi connectivity index (χ2n) is 6.21. The molecular weight excluding hydrogens is 336 g/mol. The van der Waals surface area contributed by atoms with Gasteiger partial charge in [-0.2, -0.15) is 0 Å². The minimum atomic E-state index is -0.558. The minimum absolute atomic E-state index is 0.00153. The molecule has 2 heterocycles. The van der Waals surface area contributed by atoms with Crippen LogP contribution in [0.1, 0.15) is 20.8 Å². The Hall–Kier alpha value is -2.67. The number of benzene rings is 1. The van der Waals surface area contributed by atoms with Crippen LogP contribution in [0.4, 0.5) is 5.69 Å². The van der Waals surface area contributed by atoms with Crippen LogP contribution in [0.5, 0.6) is 0 Å². The lowest BCUT2D eigenvalue weighted by Gasteiger charge is -2.21. The molecule has 1 atom stereocenters. The Kier molecular flexibility index (Phi) is 4.85. The van der Waals surface area contributed by atoms with Gasteiger partial charge >= 0.3 is 0 Å². The van der Waals surface area contributed by atoms with Gasteiger partial charge in [0.05, 0.1) is 5.69 Å². The number of carbonyl (C=O) groups excluding carboxylic acids is 2. The summed E-state index contributed by atoms with van der Waals surface area (Å²) in [5.74, 6) is -0.439. The van der Waals surface area contributed by atoms with E-state index >= 15 is 0 Å². The van der Waals surface area contributed by atoms with Crippen LogP contribution in [0, 0.1) is 5.92 Å². The number of carbonyl (C=O) groups is 2. The molecular formula is C18H20N4O2S. The zero-order chi connectivity index (χ0) is 18.0. The zero-order valence-corrected chi connectivity index (χ0v) is 15.1. The highest BCUT2D eigenvalue weighted by atomic mass is 32.1. The van der Waals surface area contributed by atoms with Crippen molar-refractivity contribution in [2.24, 2.45) is 5.92 Å². The number of nitrogens with zero attached hydrogens (tertiary/aromatic N) is 2. The van der Waals surface area contributed by atoms with E-state index in [0.717, 1.165) is 16.2 Å². The molecule has 0 aliphatic rings. The lowest BCUT2D eigenvalue weighted by molar-refractivity contribution is -0.126. The van der Waals surface area contributed by atoms with Gasteiger partial charge in [0.2, 0.25) is 11.8 Å². The van der Waals surface area contributed by atoms with Gasteiger partial charge < -0.3 is 10.6 Å². The summed E-state index contributed by atoms with van der Waals surface area (Å²) in [5.41, 5.74) is 2.56. The second kappa shape index (κ2) is 7.06. The van der Waals surface area contributed by atoms with Gasteiger partial charge in [0.15, 0.2) is 4.96 Å². The summed E-state index contributed by atoms with van der Waals surface area (Å²) in [6.45, 7) is 5.20. The fraction of sp³-hybridized carbons (Fsp3) is 0.278. The summed E-state index contributed by atoms with van der Waals surface area (Å²) in [6, 6.07) is 6.96. The third-order valence-electron chi connectivity index (χ3n) is 3.85. The highest BCUT2D eigenvalue weighted by Crippen LogP contribution is 2.23. The van der Waals surface area contributed by atoms with E-state index in [4.69, 9.17) is 0 Å². The van der Waals surface area contributed by atoms with E-state index in [0.29, 0.717) is 5.69 Å². The molecule has 3 rings (SSSR count). The van der Waals surface area contributed by atoms with Crippen molar-refractivity contribution < 1.29 is 9.59 Å². The minimum Gasteiger partial charge on any atom is -0.344 e. The van der Waals surface area contributed by atoms with Crippen molar-refractivity contribution in [3.63, 3.8) is 0 Å². The summed E-state index contributed by atoms with van der Waals surface area (Å²) in [6.07, 6.45) is 3.95. The molecule has 6 nitrogen and oxygen atoms in total. The van der Waals surface area contributed by atoms with E-state index in [-0.39, 0.29) is 17.7 Å². The Bertz CT molecular complexity index is 867. The maximum Gasteiger partial charge on any atom is 0.247 e. The number of hydrogen-bond acceptors (Lipinski definition) is 4. The molecule has 0 spiro atoms. The predicted octanol–water partition coefficient (Wildman–Crippen LogP) is 3.16. The monoisotopic (exact) mass is 356 g/mol. The highest BCUT2D eigenvalue weighted by molar-refractivity contribution is 7.15. The number of imidazole rings is 1. The van der Waals surface area contributed by atoms with E-state index in [1.54, 1.807) is 11.3 Å². The van der Waals surface area contributed by atoms with E-state index in [1.165, 1.54) is 6.92 Å². The second-order valence-corrected chi connectivity index (χ2v) is 7.08. The van der Waals surface area contributed by atoms with Gasteiger partial charge in [-0.05, 0) is 18.1 Å². The zero-order valence-electron chi connectivity index (χ0n) is 14.3. The average Bonchev–Trinajstić information content (AvgIpc) is 3.14. The fourth-order valence-electron chi connectivity index (χ4n) is 2.56. The topological polar surface area (TPSA) is 75.5 Å². The first-order valence-corrected chi connectivity index (χ1v) is 8.92. The summed E-state index contributed by atoms with van der Waals surface area (Å²) >= 11 is 1.59. The van der Waals surface area contributed by atoms with Crippen molar-refractivity contribution in [3.05, 3.63) is 42.0 Å². The maximum atomic E-state index is 12.4. The lowest BCUT2D eigenvalue weighted by Crippen LogP contribution is -2.46. The predicted molar refractivity (Wildman–Crippen MR) is 99.6 cm³/mol. The number of amides is 2. The molecule has 0 aliphatic carbocycles. The maximum absolute atomic E-state index is 12.4. The molecule has 0 radical (unpaired) electrons. The molecule has 7 heteroatoms. The summed E-state index contributed by atoms with van der Waals surface area (Å²) < 4.78 is 1.98. The summed E-state index contributed by atoms with van der Waals surface area (Å²) in [5, 5.41) is 7.53. The van der Waals surface area contributed by atoms with Gasteiger partial charge in [-0.25, -0.2) is 4.98 Å². The molecule has 2 amide bonds.